The second-order valence-electron chi connectivity index (χ2n) is 9.09. The van der Waals surface area contributed by atoms with Crippen LogP contribution in [0.1, 0.15) is 59.1 Å². The molecule has 0 bridgehead atoms. The summed E-state index contributed by atoms with van der Waals surface area (Å²) in [5.41, 5.74) is 1.93. The molecule has 1 fully saturated rings. The first-order valence-electron chi connectivity index (χ1n) is 9.50. The van der Waals surface area contributed by atoms with E-state index in [0.717, 1.165) is 12.0 Å². The lowest BCUT2D eigenvalue weighted by Gasteiger charge is -2.36. The summed E-state index contributed by atoms with van der Waals surface area (Å²) in [5, 5.41) is -0.998. The number of carbonyl (C=O) groups is 1. The average Bonchev–Trinajstić information content (AvgIpc) is 2.51. The number of rotatable bonds is 4. The summed E-state index contributed by atoms with van der Waals surface area (Å²) in [6, 6.07) is 7.68. The van der Waals surface area contributed by atoms with Crippen LogP contribution >= 0.6 is 0 Å². The Hall–Kier alpha value is -1.36. The van der Waals surface area contributed by atoms with Crippen LogP contribution < -0.4 is 0 Å². The fourth-order valence-corrected chi connectivity index (χ4v) is 5.08. The maximum absolute atomic E-state index is 12.8. The number of hydrogen-bond acceptors (Lipinski definition) is 3. The zero-order valence-electron chi connectivity index (χ0n) is 17.0. The van der Waals surface area contributed by atoms with E-state index in [1.54, 1.807) is 4.90 Å². The molecule has 1 heterocycles. The van der Waals surface area contributed by atoms with Gasteiger partial charge in [0.2, 0.25) is 5.91 Å². The highest BCUT2D eigenvalue weighted by Crippen LogP contribution is 2.25. The zero-order chi connectivity index (χ0) is 19.7. The van der Waals surface area contributed by atoms with Crippen molar-refractivity contribution in [3.05, 3.63) is 35.4 Å². The first-order valence-corrected chi connectivity index (χ1v) is 11.2. The number of benzene rings is 1. The third-order valence-corrected chi connectivity index (χ3v) is 7.27. The SMILES string of the molecule is C[C@@H]1C[C@H](C)CN(C(=O)[C@@H](C)S(=O)(=O)Cc2ccc(C(C)(C)C)cc2)C1. The lowest BCUT2D eigenvalue weighted by atomic mass is 9.87. The van der Waals surface area contributed by atoms with Gasteiger partial charge in [-0.1, -0.05) is 58.9 Å². The third-order valence-electron chi connectivity index (χ3n) is 5.25. The van der Waals surface area contributed by atoms with Crippen molar-refractivity contribution in [2.45, 2.75) is 64.4 Å². The molecule has 1 amide bonds. The molecule has 0 unspecified atom stereocenters. The van der Waals surface area contributed by atoms with Crippen LogP contribution in [-0.2, 0) is 25.8 Å². The molecule has 0 radical (unpaired) electrons. The number of hydrogen-bond donors (Lipinski definition) is 0. The summed E-state index contributed by atoms with van der Waals surface area (Å²) in [7, 11) is -3.54. The highest BCUT2D eigenvalue weighted by molar-refractivity contribution is 7.92. The van der Waals surface area contributed by atoms with Gasteiger partial charge < -0.3 is 4.90 Å². The number of amides is 1. The van der Waals surface area contributed by atoms with Crippen LogP contribution in [0.5, 0.6) is 0 Å². The van der Waals surface area contributed by atoms with E-state index in [2.05, 4.69) is 34.6 Å². The van der Waals surface area contributed by atoms with Gasteiger partial charge in [0.05, 0.1) is 5.75 Å². The lowest BCUT2D eigenvalue weighted by molar-refractivity contribution is -0.133. The van der Waals surface area contributed by atoms with Crippen LogP contribution in [0, 0.1) is 11.8 Å². The Morgan fingerprint density at radius 2 is 1.62 bits per heavy atom. The molecule has 0 N–H and O–H groups in total. The molecule has 4 nitrogen and oxygen atoms in total. The molecule has 0 saturated carbocycles. The molecule has 26 heavy (non-hydrogen) atoms. The van der Waals surface area contributed by atoms with Gasteiger partial charge in [0.15, 0.2) is 9.84 Å². The van der Waals surface area contributed by atoms with E-state index in [9.17, 15) is 13.2 Å². The van der Waals surface area contributed by atoms with Crippen molar-refractivity contribution >= 4 is 15.7 Å². The molecule has 1 saturated heterocycles. The van der Waals surface area contributed by atoms with E-state index in [1.807, 2.05) is 24.3 Å². The first kappa shape index (κ1) is 20.9. The normalized spacial score (nSPS) is 22.9. The molecule has 1 aliphatic heterocycles. The smallest absolute Gasteiger partial charge is 0.240 e. The van der Waals surface area contributed by atoms with E-state index in [1.165, 1.54) is 12.5 Å². The first-order chi connectivity index (χ1) is 11.9. The maximum atomic E-state index is 12.8. The Kier molecular flexibility index (Phi) is 6.21. The van der Waals surface area contributed by atoms with Gasteiger partial charge in [-0.2, -0.15) is 0 Å². The van der Waals surface area contributed by atoms with Crippen molar-refractivity contribution in [2.75, 3.05) is 13.1 Å². The molecule has 0 aliphatic carbocycles. The molecule has 1 aromatic rings. The van der Waals surface area contributed by atoms with Crippen molar-refractivity contribution in [1.82, 2.24) is 4.90 Å². The molecule has 1 aromatic carbocycles. The van der Waals surface area contributed by atoms with Gasteiger partial charge in [-0.05, 0) is 41.7 Å². The second-order valence-corrected chi connectivity index (χ2v) is 11.4. The summed E-state index contributed by atoms with van der Waals surface area (Å²) in [6.07, 6.45) is 1.09. The molecule has 1 aliphatic rings. The molecule has 0 aromatic heterocycles. The van der Waals surface area contributed by atoms with Crippen molar-refractivity contribution in [3.8, 4) is 0 Å². The van der Waals surface area contributed by atoms with Gasteiger partial charge in [-0.15, -0.1) is 0 Å². The fourth-order valence-electron chi connectivity index (χ4n) is 3.71. The summed E-state index contributed by atoms with van der Waals surface area (Å²) in [6.45, 7) is 13.5. The van der Waals surface area contributed by atoms with Crippen LogP contribution in [-0.4, -0.2) is 37.6 Å². The average molecular weight is 380 g/mol. The van der Waals surface area contributed by atoms with Crippen LogP contribution in [0.25, 0.3) is 0 Å². The van der Waals surface area contributed by atoms with Crippen molar-refractivity contribution in [2.24, 2.45) is 11.8 Å². The van der Waals surface area contributed by atoms with Crippen LogP contribution in [0.3, 0.4) is 0 Å². The van der Waals surface area contributed by atoms with Gasteiger partial charge in [-0.25, -0.2) is 8.42 Å². The zero-order valence-corrected chi connectivity index (χ0v) is 17.8. The number of sulfone groups is 1. The van der Waals surface area contributed by atoms with Crippen molar-refractivity contribution in [1.29, 1.82) is 0 Å². The Balaban J connectivity index is 2.10. The Labute approximate surface area is 158 Å². The highest BCUT2D eigenvalue weighted by Gasteiger charge is 2.34. The minimum Gasteiger partial charge on any atom is -0.341 e. The summed E-state index contributed by atoms with van der Waals surface area (Å²) in [4.78, 5) is 14.5. The third kappa shape index (κ3) is 5.09. The summed E-state index contributed by atoms with van der Waals surface area (Å²) < 4.78 is 25.6. The van der Waals surface area contributed by atoms with E-state index in [-0.39, 0.29) is 17.1 Å². The van der Waals surface area contributed by atoms with Gasteiger partial charge in [-0.3, -0.25) is 4.79 Å². The van der Waals surface area contributed by atoms with E-state index >= 15 is 0 Å². The van der Waals surface area contributed by atoms with Gasteiger partial charge >= 0.3 is 0 Å². The number of piperidine rings is 1. The van der Waals surface area contributed by atoms with E-state index in [0.29, 0.717) is 24.9 Å². The summed E-state index contributed by atoms with van der Waals surface area (Å²) >= 11 is 0. The van der Waals surface area contributed by atoms with Gasteiger partial charge in [0.25, 0.3) is 0 Å². The number of likely N-dealkylation sites (tertiary alicyclic amines) is 1. The highest BCUT2D eigenvalue weighted by atomic mass is 32.2. The number of nitrogens with zero attached hydrogens (tertiary/aromatic N) is 1. The predicted molar refractivity (Wildman–Crippen MR) is 107 cm³/mol. The minimum atomic E-state index is -3.54. The van der Waals surface area contributed by atoms with Gasteiger partial charge in [0.1, 0.15) is 5.25 Å². The predicted octanol–water partition coefficient (Wildman–Crippen LogP) is 3.79. The van der Waals surface area contributed by atoms with E-state index in [4.69, 9.17) is 0 Å². The quantitative estimate of drug-likeness (QED) is 0.800. The Bertz CT molecular complexity index is 722. The van der Waals surface area contributed by atoms with Crippen LogP contribution in [0.15, 0.2) is 24.3 Å². The monoisotopic (exact) mass is 379 g/mol. The molecule has 3 atom stereocenters. The molecular formula is C21H33NO3S. The Morgan fingerprint density at radius 3 is 2.08 bits per heavy atom. The number of carbonyl (C=O) groups excluding carboxylic acids is 1. The molecule has 0 spiro atoms. The maximum Gasteiger partial charge on any atom is 0.240 e. The Morgan fingerprint density at radius 1 is 1.12 bits per heavy atom. The minimum absolute atomic E-state index is 0.0301. The van der Waals surface area contributed by atoms with Crippen molar-refractivity contribution in [3.63, 3.8) is 0 Å². The molecule has 146 valence electrons. The largest absolute Gasteiger partial charge is 0.341 e. The molecular weight excluding hydrogens is 346 g/mol. The summed E-state index contributed by atoms with van der Waals surface area (Å²) in [5.74, 6) is 0.489. The molecule has 2 rings (SSSR count). The lowest BCUT2D eigenvalue weighted by Crippen LogP contribution is -2.48. The van der Waals surface area contributed by atoms with Crippen molar-refractivity contribution < 1.29 is 13.2 Å². The fraction of sp³-hybridized carbons (Fsp3) is 0.667. The molecule has 5 heteroatoms. The second kappa shape index (κ2) is 7.71. The van der Waals surface area contributed by atoms with E-state index < -0.39 is 15.1 Å². The van der Waals surface area contributed by atoms with Crippen LogP contribution in [0.2, 0.25) is 0 Å². The topological polar surface area (TPSA) is 54.5 Å². The van der Waals surface area contributed by atoms with Gasteiger partial charge in [0, 0.05) is 13.1 Å². The standard InChI is InChI=1S/C21H33NO3S/c1-15-11-16(2)13-22(12-15)20(23)17(3)26(24,25)14-18-7-9-19(10-8-18)21(4,5)6/h7-10,15-17H,11-14H2,1-6H3/t15-,16+,17-/m1/s1. The van der Waals surface area contributed by atoms with Crippen LogP contribution in [0.4, 0.5) is 0 Å².